The van der Waals surface area contributed by atoms with Crippen LogP contribution in [0, 0.1) is 40.4 Å². The zero-order valence-electron chi connectivity index (χ0n) is 21.7. The van der Waals surface area contributed by atoms with Crippen LogP contribution in [0.3, 0.4) is 0 Å². The molecular formula is C36H32N2. The lowest BCUT2D eigenvalue weighted by atomic mass is 9.70. The highest BCUT2D eigenvalue weighted by molar-refractivity contribution is 5.77. The Hall–Kier alpha value is -3.96. The average molecular weight is 493 g/mol. The van der Waals surface area contributed by atoms with Crippen molar-refractivity contribution in [1.29, 1.82) is 10.7 Å². The van der Waals surface area contributed by atoms with Crippen LogP contribution in [0.15, 0.2) is 141 Å². The molecule has 0 heterocycles. The minimum atomic E-state index is 0.337. The Morgan fingerprint density at radius 3 is 2.00 bits per heavy atom. The van der Waals surface area contributed by atoms with Gasteiger partial charge in [0.15, 0.2) is 0 Å². The van der Waals surface area contributed by atoms with Gasteiger partial charge in [-0.05, 0) is 83.6 Å². The maximum Gasteiger partial charge on any atom is 0.0947 e. The van der Waals surface area contributed by atoms with Gasteiger partial charge < -0.3 is 5.41 Å². The molecule has 0 aromatic carbocycles. The standard InChI is InChI=1S/C36H32N2/c37-21-23-9-13-26(14-10-23)29-18-19-30(27-15-11-24(22-38)12-16-27)36-33-20-17-28(25-5-2-1-3-6-25)31-7-4-8-32(34(31)33)35(29)36/h1-2,4-5,7-9,11,13,15,17-21,31,34-37H,3,6,10,12,14,16H2. The number of fused-ring (bicyclic) bond motifs is 3. The second-order valence-corrected chi connectivity index (χ2v) is 11.3. The van der Waals surface area contributed by atoms with Crippen molar-refractivity contribution in [2.24, 2.45) is 23.7 Å². The lowest BCUT2D eigenvalue weighted by molar-refractivity contribution is 0.576. The number of hydrogen-bond acceptors (Lipinski definition) is 2. The van der Waals surface area contributed by atoms with Crippen molar-refractivity contribution >= 4 is 6.21 Å². The molecule has 186 valence electrons. The lowest BCUT2D eigenvalue weighted by Crippen LogP contribution is -2.22. The molecule has 0 saturated heterocycles. The number of rotatable bonds is 4. The smallest absolute Gasteiger partial charge is 0.0947 e. The molecule has 1 N–H and O–H groups in total. The van der Waals surface area contributed by atoms with Gasteiger partial charge in [0.25, 0.3) is 0 Å². The zero-order chi connectivity index (χ0) is 25.6. The maximum absolute atomic E-state index is 9.41. The van der Waals surface area contributed by atoms with E-state index in [0.717, 1.165) is 49.7 Å². The van der Waals surface area contributed by atoms with Crippen LogP contribution in [-0.4, -0.2) is 6.21 Å². The fourth-order valence-electron chi connectivity index (χ4n) is 7.64. The van der Waals surface area contributed by atoms with Crippen LogP contribution in [0.1, 0.15) is 38.5 Å². The molecule has 1 saturated carbocycles. The molecule has 7 aliphatic rings. The summed E-state index contributed by atoms with van der Waals surface area (Å²) < 4.78 is 0. The molecular weight excluding hydrogens is 460 g/mol. The SMILES string of the molecule is N#CC1=CC=C(C2=CC=C(C3=CC=C(C=N)CC3)C3C4=CC=CC5C(C6=CC=CCC6)=CC=C(C45)C23)CC1. The van der Waals surface area contributed by atoms with Gasteiger partial charge in [-0.1, -0.05) is 90.1 Å². The van der Waals surface area contributed by atoms with E-state index in [9.17, 15) is 5.26 Å². The molecule has 0 radical (unpaired) electrons. The van der Waals surface area contributed by atoms with Crippen molar-refractivity contribution in [3.63, 3.8) is 0 Å². The van der Waals surface area contributed by atoms with Crippen LogP contribution in [-0.2, 0) is 0 Å². The molecule has 2 nitrogen and oxygen atoms in total. The van der Waals surface area contributed by atoms with E-state index in [-0.39, 0.29) is 0 Å². The molecule has 7 aliphatic carbocycles. The molecule has 4 atom stereocenters. The Labute approximate surface area is 225 Å². The van der Waals surface area contributed by atoms with Crippen molar-refractivity contribution in [1.82, 2.24) is 0 Å². The summed E-state index contributed by atoms with van der Waals surface area (Å²) in [7, 11) is 0. The fraction of sp³-hybridized carbons (Fsp3) is 0.278. The minimum Gasteiger partial charge on any atom is -0.308 e. The van der Waals surface area contributed by atoms with E-state index in [0.29, 0.717) is 23.7 Å². The first-order valence-corrected chi connectivity index (χ1v) is 14.1. The van der Waals surface area contributed by atoms with E-state index < -0.39 is 0 Å². The molecule has 0 aliphatic heterocycles. The third-order valence-corrected chi connectivity index (χ3v) is 9.45. The quantitative estimate of drug-likeness (QED) is 0.393. The first-order valence-electron chi connectivity index (χ1n) is 14.1. The van der Waals surface area contributed by atoms with Gasteiger partial charge in [0.05, 0.1) is 6.07 Å². The number of nitrogens with one attached hydrogen (secondary N) is 1. The average Bonchev–Trinajstić information content (AvgIpc) is 3.33. The summed E-state index contributed by atoms with van der Waals surface area (Å²) in [5.41, 5.74) is 13.8. The van der Waals surface area contributed by atoms with E-state index in [1.807, 2.05) is 6.08 Å². The highest BCUT2D eigenvalue weighted by Crippen LogP contribution is 2.62. The summed E-state index contributed by atoms with van der Waals surface area (Å²) in [5.74, 6) is 1.49. The molecule has 0 aromatic heterocycles. The van der Waals surface area contributed by atoms with Crippen LogP contribution in [0.2, 0.25) is 0 Å². The van der Waals surface area contributed by atoms with Crippen molar-refractivity contribution in [3.05, 3.63) is 141 Å². The maximum atomic E-state index is 9.41. The largest absolute Gasteiger partial charge is 0.308 e. The molecule has 0 bridgehead atoms. The van der Waals surface area contributed by atoms with Crippen LogP contribution in [0.25, 0.3) is 0 Å². The molecule has 7 rings (SSSR count). The van der Waals surface area contributed by atoms with Gasteiger partial charge in [-0.25, -0.2) is 0 Å². The molecule has 1 fully saturated rings. The zero-order valence-corrected chi connectivity index (χ0v) is 21.7. The van der Waals surface area contributed by atoms with E-state index >= 15 is 0 Å². The first-order chi connectivity index (χ1) is 18.8. The van der Waals surface area contributed by atoms with E-state index in [2.05, 4.69) is 85.1 Å². The highest BCUT2D eigenvalue weighted by Gasteiger charge is 2.51. The van der Waals surface area contributed by atoms with Crippen molar-refractivity contribution in [3.8, 4) is 6.07 Å². The van der Waals surface area contributed by atoms with Gasteiger partial charge in [0.2, 0.25) is 0 Å². The summed E-state index contributed by atoms with van der Waals surface area (Å²) in [6.45, 7) is 0. The summed E-state index contributed by atoms with van der Waals surface area (Å²) in [6.07, 6.45) is 39.8. The second kappa shape index (κ2) is 9.41. The van der Waals surface area contributed by atoms with Gasteiger partial charge in [0.1, 0.15) is 0 Å². The Kier molecular flexibility index (Phi) is 5.74. The van der Waals surface area contributed by atoms with Crippen LogP contribution in [0.5, 0.6) is 0 Å². The summed E-state index contributed by atoms with van der Waals surface area (Å²) in [6, 6.07) is 2.35. The monoisotopic (exact) mass is 492 g/mol. The van der Waals surface area contributed by atoms with E-state index in [4.69, 9.17) is 5.41 Å². The predicted molar refractivity (Wildman–Crippen MR) is 155 cm³/mol. The highest BCUT2D eigenvalue weighted by atomic mass is 14.5. The van der Waals surface area contributed by atoms with Gasteiger partial charge in [-0.2, -0.15) is 5.26 Å². The number of hydrogen-bond donors (Lipinski definition) is 1. The Balaban J connectivity index is 1.37. The molecule has 0 spiro atoms. The normalized spacial score (nSPS) is 30.9. The molecule has 2 heteroatoms. The Bertz CT molecular complexity index is 1540. The van der Waals surface area contributed by atoms with E-state index in [1.165, 1.54) is 39.7 Å². The van der Waals surface area contributed by atoms with Crippen LogP contribution in [0.4, 0.5) is 0 Å². The van der Waals surface area contributed by atoms with Crippen LogP contribution >= 0.6 is 0 Å². The van der Waals surface area contributed by atoms with Crippen molar-refractivity contribution < 1.29 is 0 Å². The Morgan fingerprint density at radius 2 is 1.37 bits per heavy atom. The third kappa shape index (κ3) is 3.64. The number of nitrogens with zero attached hydrogens (tertiary/aromatic N) is 1. The van der Waals surface area contributed by atoms with Gasteiger partial charge in [-0.3, -0.25) is 0 Å². The summed E-state index contributed by atoms with van der Waals surface area (Å²) in [4.78, 5) is 0. The molecule has 0 aromatic rings. The van der Waals surface area contributed by atoms with Gasteiger partial charge in [0, 0.05) is 35.5 Å². The van der Waals surface area contributed by atoms with E-state index in [1.54, 1.807) is 11.1 Å². The summed E-state index contributed by atoms with van der Waals surface area (Å²) in [5, 5.41) is 17.1. The first kappa shape index (κ1) is 23.2. The number of nitriles is 1. The molecule has 38 heavy (non-hydrogen) atoms. The summed E-state index contributed by atoms with van der Waals surface area (Å²) >= 11 is 0. The van der Waals surface area contributed by atoms with Gasteiger partial charge in [-0.15, -0.1) is 0 Å². The van der Waals surface area contributed by atoms with Gasteiger partial charge >= 0.3 is 0 Å². The lowest BCUT2D eigenvalue weighted by Gasteiger charge is -2.34. The van der Waals surface area contributed by atoms with Crippen LogP contribution < -0.4 is 0 Å². The predicted octanol–water partition coefficient (Wildman–Crippen LogP) is 8.44. The topological polar surface area (TPSA) is 47.6 Å². The third-order valence-electron chi connectivity index (χ3n) is 9.45. The van der Waals surface area contributed by atoms with Crippen molar-refractivity contribution in [2.75, 3.05) is 0 Å². The minimum absolute atomic E-state index is 0.337. The molecule has 0 amide bonds. The number of allylic oxidation sites excluding steroid dienone is 24. The van der Waals surface area contributed by atoms with Crippen molar-refractivity contribution in [2.45, 2.75) is 38.5 Å². The Morgan fingerprint density at radius 1 is 0.658 bits per heavy atom. The second-order valence-electron chi connectivity index (χ2n) is 11.3. The fourth-order valence-corrected chi connectivity index (χ4v) is 7.64. The molecule has 4 unspecified atom stereocenters.